The Morgan fingerprint density at radius 1 is 0.507 bits per heavy atom. The Bertz CT molecular complexity index is 3670. The first-order valence-electron chi connectivity index (χ1n) is 23.8. The molecular formula is C60H45BrN6O5S3. The summed E-state index contributed by atoms with van der Waals surface area (Å²) in [6.07, 6.45) is 0. The van der Waals surface area contributed by atoms with Crippen molar-refractivity contribution in [3.05, 3.63) is 228 Å². The van der Waals surface area contributed by atoms with Gasteiger partial charge >= 0.3 is 5.97 Å². The Kier molecular flexibility index (Phi) is 15.1. The van der Waals surface area contributed by atoms with E-state index in [9.17, 15) is 19.2 Å². The van der Waals surface area contributed by atoms with Gasteiger partial charge in [-0.15, -0.1) is 0 Å². The Morgan fingerprint density at radius 3 is 1.33 bits per heavy atom. The molecule has 3 aromatic heterocycles. The van der Waals surface area contributed by atoms with Gasteiger partial charge in [-0.05, 0) is 126 Å². The van der Waals surface area contributed by atoms with Gasteiger partial charge in [-0.25, -0.2) is 19.8 Å². The highest BCUT2D eigenvalue weighted by molar-refractivity contribution is 9.10. The van der Waals surface area contributed by atoms with Gasteiger partial charge in [0, 0.05) is 37.3 Å². The summed E-state index contributed by atoms with van der Waals surface area (Å²) in [6.45, 7) is 6.37. The number of para-hydroxylation sites is 3. The summed E-state index contributed by atoms with van der Waals surface area (Å²) in [6, 6.07) is 51.5. The van der Waals surface area contributed by atoms with Crippen LogP contribution in [0.15, 0.2) is 216 Å². The fraction of sp³-hybridized carbons (Fsp3) is 0.0833. The smallest absolute Gasteiger partial charge is 0.338 e. The maximum atomic E-state index is 13.1. The maximum Gasteiger partial charge on any atom is 0.338 e. The average molecular weight is 1110 g/mol. The number of benzene rings is 6. The van der Waals surface area contributed by atoms with Crippen molar-refractivity contribution in [2.24, 2.45) is 15.0 Å². The highest BCUT2D eigenvalue weighted by Crippen LogP contribution is 2.40. The minimum atomic E-state index is -0.405. The molecule has 12 rings (SSSR count). The fourth-order valence-corrected chi connectivity index (χ4v) is 10.7. The van der Waals surface area contributed by atoms with Crippen LogP contribution in [0, 0.1) is 0 Å². The van der Waals surface area contributed by atoms with E-state index in [2.05, 4.69) is 51.9 Å². The summed E-state index contributed by atoms with van der Waals surface area (Å²) in [5.41, 5.74) is 12.8. The Balaban J connectivity index is 0.000000129. The molecule has 3 aliphatic heterocycles. The number of fused-ring (bicyclic) bond motifs is 3. The third kappa shape index (κ3) is 10.6. The number of thiophene rings is 3. The number of rotatable bonds is 9. The van der Waals surface area contributed by atoms with Gasteiger partial charge in [0.2, 0.25) is 0 Å². The molecule has 0 atom stereocenters. The zero-order valence-electron chi connectivity index (χ0n) is 40.7. The molecule has 9 aromatic rings. The average Bonchev–Trinajstić information content (AvgIpc) is 4.32. The summed E-state index contributed by atoms with van der Waals surface area (Å²) in [4.78, 5) is 70.1. The number of hydrogen-bond donors (Lipinski definition) is 0. The number of carbonyl (C=O) groups is 4. The van der Waals surface area contributed by atoms with E-state index in [1.54, 1.807) is 68.6 Å². The third-order valence-electron chi connectivity index (χ3n) is 12.2. The van der Waals surface area contributed by atoms with Crippen LogP contribution in [0.2, 0.25) is 0 Å². The lowest BCUT2D eigenvalue weighted by molar-refractivity contribution is -0.112. The van der Waals surface area contributed by atoms with Gasteiger partial charge in [0.25, 0.3) is 17.7 Å². The largest absolute Gasteiger partial charge is 0.462 e. The molecular weight excluding hydrogens is 1060 g/mol. The van der Waals surface area contributed by atoms with Crippen molar-refractivity contribution in [2.75, 3.05) is 21.3 Å². The second kappa shape index (κ2) is 22.5. The van der Waals surface area contributed by atoms with Crippen molar-refractivity contribution < 1.29 is 23.9 Å². The van der Waals surface area contributed by atoms with E-state index in [0.717, 1.165) is 66.7 Å². The van der Waals surface area contributed by atoms with E-state index < -0.39 is 5.97 Å². The first kappa shape index (κ1) is 50.3. The van der Waals surface area contributed by atoms with Crippen molar-refractivity contribution in [3.63, 3.8) is 0 Å². The standard InChI is InChI=1S/C21H16N2O3S.C21H18N2OS.C18H11BrN2OS/c1-2-26-21(25)14-6-5-7-15(12-14)22-19-17-8-3-4-9-18(17)23(20(19)24)16-10-11-27-13-16;1-14(2)15-6-5-7-16(12-15)22-20-18-8-3-4-9-19(18)23(21(20)24)17-10-11-25-13-17;19-12-5-7-13(8-6-12)20-17-15-3-1-2-4-16(15)21(18(17)22)14-9-10-23-11-14/h3-13H,2H2,1H3;3-14H,1-2H3;1-11H. The van der Waals surface area contributed by atoms with Crippen LogP contribution in [0.3, 0.4) is 0 Å². The van der Waals surface area contributed by atoms with Gasteiger partial charge in [-0.2, -0.15) is 34.0 Å². The molecule has 0 aliphatic carbocycles. The van der Waals surface area contributed by atoms with Crippen molar-refractivity contribution in [1.82, 2.24) is 0 Å². The lowest BCUT2D eigenvalue weighted by Crippen LogP contribution is -2.24. The molecule has 0 radical (unpaired) electrons. The quantitative estimate of drug-likeness (QED) is 0.133. The number of esters is 1. The van der Waals surface area contributed by atoms with Crippen LogP contribution in [0.5, 0.6) is 0 Å². The Morgan fingerprint density at radius 2 is 0.920 bits per heavy atom. The van der Waals surface area contributed by atoms with E-state index in [-0.39, 0.29) is 17.7 Å². The van der Waals surface area contributed by atoms with Gasteiger partial charge in [0.1, 0.15) is 17.1 Å². The molecule has 0 fully saturated rings. The topological polar surface area (TPSA) is 124 Å². The van der Waals surface area contributed by atoms with Crippen LogP contribution < -0.4 is 14.7 Å². The second-order valence-corrected chi connectivity index (χ2v) is 20.6. The van der Waals surface area contributed by atoms with Crippen LogP contribution in [0.25, 0.3) is 0 Å². The number of carbonyl (C=O) groups excluding carboxylic acids is 4. The first-order chi connectivity index (χ1) is 36.6. The van der Waals surface area contributed by atoms with Crippen LogP contribution in [-0.4, -0.2) is 47.4 Å². The van der Waals surface area contributed by atoms with Crippen LogP contribution >= 0.6 is 49.9 Å². The van der Waals surface area contributed by atoms with E-state index in [4.69, 9.17) is 9.73 Å². The van der Waals surface area contributed by atoms with E-state index in [1.807, 2.05) is 160 Å². The van der Waals surface area contributed by atoms with E-state index >= 15 is 0 Å². The fourth-order valence-electron chi connectivity index (χ4n) is 8.62. The molecule has 15 heteroatoms. The highest BCUT2D eigenvalue weighted by Gasteiger charge is 2.37. The molecule has 0 spiro atoms. The summed E-state index contributed by atoms with van der Waals surface area (Å²) in [5, 5.41) is 11.8. The van der Waals surface area contributed by atoms with Gasteiger partial charge in [0.15, 0.2) is 0 Å². The molecule has 11 nitrogen and oxygen atoms in total. The number of amides is 3. The minimum Gasteiger partial charge on any atom is -0.462 e. The summed E-state index contributed by atoms with van der Waals surface area (Å²) in [5.74, 6) is -0.329. The summed E-state index contributed by atoms with van der Waals surface area (Å²) < 4.78 is 6.02. The number of hydrogen-bond acceptors (Lipinski definition) is 11. The van der Waals surface area contributed by atoms with Gasteiger partial charge < -0.3 is 4.74 Å². The second-order valence-electron chi connectivity index (χ2n) is 17.3. The number of aliphatic imine (C=N–C) groups is 3. The number of nitrogens with zero attached hydrogens (tertiary/aromatic N) is 6. The molecule has 0 saturated heterocycles. The molecule has 3 aliphatic rings. The molecule has 0 unspecified atom stereocenters. The molecule has 370 valence electrons. The first-order valence-corrected chi connectivity index (χ1v) is 27.5. The lowest BCUT2D eigenvalue weighted by atomic mass is 10.0. The SMILES string of the molecule is CC(C)c1cccc(N=C2C(=O)N(c3ccsc3)c3ccccc32)c1.CCOC(=O)c1cccc(N=C2C(=O)N(c3ccsc3)c3ccccc32)c1.O=C1C(=Nc2ccc(Br)cc2)c2ccccc2N1c1ccsc1. The Hall–Kier alpha value is -8.21. The molecule has 0 N–H and O–H groups in total. The highest BCUT2D eigenvalue weighted by atomic mass is 79.9. The number of ether oxygens (including phenoxy) is 1. The summed E-state index contributed by atoms with van der Waals surface area (Å²) in [7, 11) is 0. The van der Waals surface area contributed by atoms with Crippen LogP contribution in [0.1, 0.15) is 59.3 Å². The maximum absolute atomic E-state index is 13.1. The lowest BCUT2D eigenvalue weighted by Gasteiger charge is -2.14. The van der Waals surface area contributed by atoms with E-state index in [0.29, 0.717) is 40.9 Å². The normalized spacial score (nSPS) is 15.0. The van der Waals surface area contributed by atoms with Crippen molar-refractivity contribution in [3.8, 4) is 0 Å². The molecule has 6 aromatic carbocycles. The predicted molar refractivity (Wildman–Crippen MR) is 309 cm³/mol. The zero-order chi connectivity index (χ0) is 52.0. The summed E-state index contributed by atoms with van der Waals surface area (Å²) >= 11 is 8.09. The minimum absolute atomic E-state index is 0.0745. The van der Waals surface area contributed by atoms with Crippen molar-refractivity contribution in [1.29, 1.82) is 0 Å². The van der Waals surface area contributed by atoms with Crippen LogP contribution in [0.4, 0.5) is 51.2 Å². The van der Waals surface area contributed by atoms with Gasteiger partial charge in [0.05, 0.1) is 63.4 Å². The van der Waals surface area contributed by atoms with Crippen molar-refractivity contribution >= 4 is 142 Å². The zero-order valence-corrected chi connectivity index (χ0v) is 44.7. The van der Waals surface area contributed by atoms with Gasteiger partial charge in [-0.1, -0.05) is 103 Å². The van der Waals surface area contributed by atoms with Gasteiger partial charge in [-0.3, -0.25) is 29.1 Å². The third-order valence-corrected chi connectivity index (χ3v) is 14.7. The monoisotopic (exact) mass is 1100 g/mol. The Labute approximate surface area is 454 Å². The predicted octanol–water partition coefficient (Wildman–Crippen LogP) is 15.7. The molecule has 75 heavy (non-hydrogen) atoms. The molecule has 6 heterocycles. The van der Waals surface area contributed by atoms with E-state index in [1.165, 1.54) is 16.9 Å². The van der Waals surface area contributed by atoms with Crippen LogP contribution in [-0.2, 0) is 19.1 Å². The number of anilines is 6. The molecule has 0 saturated carbocycles. The molecule has 0 bridgehead atoms. The number of halogens is 1. The van der Waals surface area contributed by atoms with Crippen molar-refractivity contribution in [2.45, 2.75) is 26.7 Å². The molecule has 3 amide bonds.